The molecule has 0 aliphatic carbocycles. The molecular formula is C18H15BrCoP+. The van der Waals surface area contributed by atoms with E-state index >= 15 is 0 Å². The second-order valence-electron chi connectivity index (χ2n) is 4.60. The minimum atomic E-state index is -1.71. The molecule has 1 radical (unpaired) electrons. The van der Waals surface area contributed by atoms with E-state index in [4.69, 9.17) is 0 Å². The molecule has 0 atom stereocenters. The molecule has 0 aromatic heterocycles. The summed E-state index contributed by atoms with van der Waals surface area (Å²) >= 11 is 4.12. The average Bonchev–Trinajstić information content (AvgIpc) is 2.56. The van der Waals surface area contributed by atoms with Gasteiger partial charge in [-0.15, -0.1) is 0 Å². The zero-order valence-corrected chi connectivity index (χ0v) is 14.8. The van der Waals surface area contributed by atoms with Crippen LogP contribution in [-0.2, 0) is 16.8 Å². The Kier molecular flexibility index (Phi) is 5.77. The van der Waals surface area contributed by atoms with E-state index in [0.29, 0.717) is 0 Å². The van der Waals surface area contributed by atoms with E-state index in [1.807, 2.05) is 0 Å². The van der Waals surface area contributed by atoms with Gasteiger partial charge in [0, 0.05) is 16.8 Å². The summed E-state index contributed by atoms with van der Waals surface area (Å²) in [6.07, 6.45) is 0. The van der Waals surface area contributed by atoms with Gasteiger partial charge >= 0.3 is 0 Å². The topological polar surface area (TPSA) is 0 Å². The fraction of sp³-hybridized carbons (Fsp3) is 0. The van der Waals surface area contributed by atoms with Crippen molar-refractivity contribution in [1.82, 2.24) is 0 Å². The monoisotopic (exact) mass is 400 g/mol. The third-order valence-electron chi connectivity index (χ3n) is 3.34. The molecule has 21 heavy (non-hydrogen) atoms. The molecule has 3 heteroatoms. The fourth-order valence-corrected chi connectivity index (χ4v) is 7.12. The van der Waals surface area contributed by atoms with Gasteiger partial charge in [0.1, 0.15) is 15.9 Å². The summed E-state index contributed by atoms with van der Waals surface area (Å²) in [5.41, 5.74) is 0. The molecule has 107 valence electrons. The molecule has 3 aromatic carbocycles. The fourth-order valence-electron chi connectivity index (χ4n) is 2.35. The van der Waals surface area contributed by atoms with Gasteiger partial charge in [0.2, 0.25) is 0 Å². The van der Waals surface area contributed by atoms with Crippen LogP contribution < -0.4 is 15.9 Å². The molecule has 0 fully saturated rings. The van der Waals surface area contributed by atoms with Crippen molar-refractivity contribution in [3.8, 4) is 0 Å². The van der Waals surface area contributed by atoms with E-state index in [-0.39, 0.29) is 16.8 Å². The van der Waals surface area contributed by atoms with Gasteiger partial charge in [0.15, 0.2) is 21.5 Å². The van der Waals surface area contributed by atoms with Gasteiger partial charge in [0.25, 0.3) is 0 Å². The van der Waals surface area contributed by atoms with Crippen molar-refractivity contribution in [1.29, 1.82) is 0 Å². The summed E-state index contributed by atoms with van der Waals surface area (Å²) in [5, 5.41) is 4.03. The maximum atomic E-state index is 4.12. The zero-order valence-electron chi connectivity index (χ0n) is 11.3. The summed E-state index contributed by atoms with van der Waals surface area (Å²) < 4.78 is 0. The van der Waals surface area contributed by atoms with E-state index in [1.165, 1.54) is 15.9 Å². The Bertz CT molecular complexity index is 575. The Labute approximate surface area is 144 Å². The van der Waals surface area contributed by atoms with Crippen LogP contribution in [0.5, 0.6) is 0 Å². The Hall–Kier alpha value is -0.924. The molecular weight excluding hydrogens is 386 g/mol. The van der Waals surface area contributed by atoms with Crippen molar-refractivity contribution in [2.24, 2.45) is 0 Å². The Morgan fingerprint density at radius 3 is 0.952 bits per heavy atom. The second kappa shape index (κ2) is 7.37. The standard InChI is InChI=1S/C18H15BrP.Co/c19-20(16-10-4-1-5-11-16,17-12-6-2-7-13-17)18-14-8-3-9-15-18;/h1-15H;/q+1;. The first kappa shape index (κ1) is 16.4. The summed E-state index contributed by atoms with van der Waals surface area (Å²) in [6.45, 7) is 0. The van der Waals surface area contributed by atoms with Crippen molar-refractivity contribution in [3.05, 3.63) is 91.0 Å². The Morgan fingerprint density at radius 1 is 0.476 bits per heavy atom. The molecule has 0 heterocycles. The SMILES string of the molecule is Br[P+](c1ccccc1)(c1ccccc1)c1ccccc1.[Co]. The first-order valence-corrected chi connectivity index (χ1v) is 10.4. The quantitative estimate of drug-likeness (QED) is 0.575. The van der Waals surface area contributed by atoms with Crippen LogP contribution in [0.25, 0.3) is 0 Å². The van der Waals surface area contributed by atoms with Crippen LogP contribution >= 0.6 is 21.5 Å². The number of rotatable bonds is 3. The molecule has 0 N–H and O–H groups in total. The first-order chi connectivity index (χ1) is 9.82. The molecule has 0 aliphatic rings. The Morgan fingerprint density at radius 2 is 0.714 bits per heavy atom. The summed E-state index contributed by atoms with van der Waals surface area (Å²) in [6, 6.07) is 32.1. The van der Waals surface area contributed by atoms with Gasteiger partial charge in [-0.25, -0.2) is 0 Å². The minimum absolute atomic E-state index is 0. The van der Waals surface area contributed by atoms with E-state index in [2.05, 4.69) is 106 Å². The summed E-state index contributed by atoms with van der Waals surface area (Å²) in [5.74, 6) is -1.71. The normalized spacial score (nSPS) is 10.7. The van der Waals surface area contributed by atoms with Crippen molar-refractivity contribution in [3.63, 3.8) is 0 Å². The summed E-state index contributed by atoms with van der Waals surface area (Å²) in [7, 11) is 0. The number of hydrogen-bond donors (Lipinski definition) is 0. The Balaban J connectivity index is 0.00000161. The predicted molar refractivity (Wildman–Crippen MR) is 94.1 cm³/mol. The van der Waals surface area contributed by atoms with Gasteiger partial charge < -0.3 is 0 Å². The smallest absolute Gasteiger partial charge is 0.0620 e. The molecule has 0 amide bonds. The van der Waals surface area contributed by atoms with Crippen LogP contribution in [0, 0.1) is 0 Å². The van der Waals surface area contributed by atoms with E-state index < -0.39 is 5.96 Å². The molecule has 0 nitrogen and oxygen atoms in total. The van der Waals surface area contributed by atoms with Gasteiger partial charge in [-0.1, -0.05) is 54.6 Å². The van der Waals surface area contributed by atoms with E-state index in [9.17, 15) is 0 Å². The van der Waals surface area contributed by atoms with Crippen LogP contribution in [0.1, 0.15) is 0 Å². The molecule has 0 unspecified atom stereocenters. The maximum Gasteiger partial charge on any atom is 0.181 e. The molecule has 0 saturated heterocycles. The third-order valence-corrected chi connectivity index (χ3v) is 10.1. The first-order valence-electron chi connectivity index (χ1n) is 6.57. The number of hydrogen-bond acceptors (Lipinski definition) is 0. The second-order valence-corrected chi connectivity index (χ2v) is 10.5. The molecule has 3 rings (SSSR count). The van der Waals surface area contributed by atoms with Crippen molar-refractivity contribution in [2.45, 2.75) is 0 Å². The number of halogens is 1. The number of benzene rings is 3. The van der Waals surface area contributed by atoms with Crippen LogP contribution in [0.3, 0.4) is 0 Å². The van der Waals surface area contributed by atoms with Crippen molar-refractivity contribution < 1.29 is 16.8 Å². The van der Waals surface area contributed by atoms with Crippen LogP contribution in [0.15, 0.2) is 91.0 Å². The van der Waals surface area contributed by atoms with E-state index in [1.54, 1.807) is 0 Å². The molecule has 0 bridgehead atoms. The largest absolute Gasteiger partial charge is 0.181 e. The molecule has 3 aromatic rings. The van der Waals surface area contributed by atoms with Gasteiger partial charge in [0.05, 0.1) is 0 Å². The third kappa shape index (κ3) is 3.30. The summed E-state index contributed by atoms with van der Waals surface area (Å²) in [4.78, 5) is 0. The van der Waals surface area contributed by atoms with Crippen molar-refractivity contribution in [2.75, 3.05) is 0 Å². The predicted octanol–water partition coefficient (Wildman–Crippen LogP) is 4.29. The van der Waals surface area contributed by atoms with Crippen molar-refractivity contribution >= 4 is 37.4 Å². The van der Waals surface area contributed by atoms with Gasteiger partial charge in [-0.2, -0.15) is 0 Å². The van der Waals surface area contributed by atoms with E-state index in [0.717, 1.165) is 0 Å². The van der Waals surface area contributed by atoms with Gasteiger partial charge in [-0.3, -0.25) is 0 Å². The maximum absolute atomic E-state index is 4.12. The molecule has 0 spiro atoms. The molecule has 0 aliphatic heterocycles. The van der Waals surface area contributed by atoms with Crippen LogP contribution in [0.4, 0.5) is 0 Å². The average molecular weight is 401 g/mol. The zero-order chi connectivity index (χ0) is 13.8. The molecule has 0 saturated carbocycles. The van der Waals surface area contributed by atoms with Crippen LogP contribution in [0.2, 0.25) is 0 Å². The van der Waals surface area contributed by atoms with Gasteiger partial charge in [-0.05, 0) is 36.4 Å². The van der Waals surface area contributed by atoms with Crippen LogP contribution in [-0.4, -0.2) is 0 Å². The minimum Gasteiger partial charge on any atom is -0.0620 e.